The highest BCUT2D eigenvalue weighted by Gasteiger charge is 2.02. The average molecular weight is 328 g/mol. The Balaban J connectivity index is 2.02. The molecule has 2 aromatic rings. The van der Waals surface area contributed by atoms with Crippen LogP contribution in [0.25, 0.3) is 0 Å². The van der Waals surface area contributed by atoms with Crippen LogP contribution in [-0.4, -0.2) is 9.78 Å². The molecule has 0 amide bonds. The fourth-order valence-electron chi connectivity index (χ4n) is 1.49. The third-order valence-electron chi connectivity index (χ3n) is 2.30. The first-order chi connectivity index (χ1) is 7.65. The minimum Gasteiger partial charge on any atom is -0.487 e. The third-order valence-corrected chi connectivity index (χ3v) is 3.02. The van der Waals surface area contributed by atoms with E-state index >= 15 is 0 Å². The van der Waals surface area contributed by atoms with Crippen LogP contribution in [0.3, 0.4) is 0 Å². The van der Waals surface area contributed by atoms with Crippen LogP contribution in [0.15, 0.2) is 30.3 Å². The second-order valence-electron chi connectivity index (χ2n) is 3.64. The minimum absolute atomic E-state index is 0.554. The molecule has 0 bridgehead atoms. The summed E-state index contributed by atoms with van der Waals surface area (Å²) in [4.78, 5) is 0. The Bertz CT molecular complexity index is 476. The van der Waals surface area contributed by atoms with Gasteiger partial charge in [0.2, 0.25) is 0 Å². The van der Waals surface area contributed by atoms with Crippen molar-refractivity contribution in [3.05, 3.63) is 45.3 Å². The monoisotopic (exact) mass is 328 g/mol. The summed E-state index contributed by atoms with van der Waals surface area (Å²) in [5.41, 5.74) is 2.10. The molecule has 0 aliphatic carbocycles. The van der Waals surface area contributed by atoms with Gasteiger partial charge in [-0.1, -0.05) is 0 Å². The van der Waals surface area contributed by atoms with E-state index in [0.717, 1.165) is 17.1 Å². The van der Waals surface area contributed by atoms with Crippen molar-refractivity contribution < 1.29 is 4.74 Å². The first-order valence-electron chi connectivity index (χ1n) is 5.03. The Hall–Kier alpha value is -1.04. The third kappa shape index (κ3) is 2.75. The van der Waals surface area contributed by atoms with Crippen molar-refractivity contribution in [2.75, 3.05) is 0 Å². The lowest BCUT2D eigenvalue weighted by Crippen LogP contribution is -2.02. The summed E-state index contributed by atoms with van der Waals surface area (Å²) in [7, 11) is 1.93. The van der Waals surface area contributed by atoms with Crippen molar-refractivity contribution in [1.82, 2.24) is 9.78 Å². The highest BCUT2D eigenvalue weighted by atomic mass is 127. The molecular formula is C12H13IN2O. The molecule has 1 aromatic heterocycles. The average Bonchev–Trinajstić information content (AvgIpc) is 2.57. The standard InChI is InChI=1S/C12H13IN2O/c1-9-7-11(15(2)14-9)8-16-12-5-3-10(13)4-6-12/h3-7H,8H2,1-2H3. The maximum Gasteiger partial charge on any atom is 0.130 e. The van der Waals surface area contributed by atoms with Gasteiger partial charge in [-0.25, -0.2) is 0 Å². The number of benzene rings is 1. The molecular weight excluding hydrogens is 315 g/mol. The number of hydrogen-bond donors (Lipinski definition) is 0. The number of rotatable bonds is 3. The lowest BCUT2D eigenvalue weighted by Gasteiger charge is -2.06. The smallest absolute Gasteiger partial charge is 0.130 e. The van der Waals surface area contributed by atoms with Gasteiger partial charge in [-0.2, -0.15) is 5.10 Å². The van der Waals surface area contributed by atoms with Crippen LogP contribution < -0.4 is 4.74 Å². The molecule has 0 saturated heterocycles. The van der Waals surface area contributed by atoms with Crippen LogP contribution in [0.5, 0.6) is 5.75 Å². The number of ether oxygens (including phenoxy) is 1. The Morgan fingerprint density at radius 2 is 2.00 bits per heavy atom. The van der Waals surface area contributed by atoms with E-state index < -0.39 is 0 Å². The molecule has 0 aliphatic heterocycles. The summed E-state index contributed by atoms with van der Waals surface area (Å²) in [5.74, 6) is 0.888. The Kier molecular flexibility index (Phi) is 3.48. The van der Waals surface area contributed by atoms with Crippen molar-refractivity contribution in [3.63, 3.8) is 0 Å². The van der Waals surface area contributed by atoms with Gasteiger partial charge >= 0.3 is 0 Å². The van der Waals surface area contributed by atoms with Crippen molar-refractivity contribution in [2.45, 2.75) is 13.5 Å². The number of hydrogen-bond acceptors (Lipinski definition) is 2. The summed E-state index contributed by atoms with van der Waals surface area (Å²) < 4.78 is 8.74. The fraction of sp³-hybridized carbons (Fsp3) is 0.250. The fourth-order valence-corrected chi connectivity index (χ4v) is 1.85. The second-order valence-corrected chi connectivity index (χ2v) is 4.89. The predicted octanol–water partition coefficient (Wildman–Crippen LogP) is 2.91. The highest BCUT2D eigenvalue weighted by molar-refractivity contribution is 14.1. The Morgan fingerprint density at radius 3 is 2.56 bits per heavy atom. The number of halogens is 1. The van der Waals surface area contributed by atoms with Crippen LogP contribution in [0.2, 0.25) is 0 Å². The maximum absolute atomic E-state index is 5.68. The molecule has 1 aromatic carbocycles. The molecule has 0 aliphatic rings. The first-order valence-corrected chi connectivity index (χ1v) is 6.11. The SMILES string of the molecule is Cc1cc(COc2ccc(I)cc2)n(C)n1. The summed E-state index contributed by atoms with van der Waals surface area (Å²) in [5, 5.41) is 4.27. The Morgan fingerprint density at radius 1 is 1.31 bits per heavy atom. The van der Waals surface area contributed by atoms with E-state index in [1.54, 1.807) is 0 Å². The molecule has 16 heavy (non-hydrogen) atoms. The molecule has 0 radical (unpaired) electrons. The normalized spacial score (nSPS) is 10.4. The van der Waals surface area contributed by atoms with Gasteiger partial charge in [-0.05, 0) is 59.8 Å². The van der Waals surface area contributed by atoms with Gasteiger partial charge in [-0.15, -0.1) is 0 Å². The van der Waals surface area contributed by atoms with Crippen molar-refractivity contribution in [1.29, 1.82) is 0 Å². The van der Waals surface area contributed by atoms with E-state index in [9.17, 15) is 0 Å². The molecule has 3 nitrogen and oxygen atoms in total. The van der Waals surface area contributed by atoms with Crippen LogP contribution in [0.1, 0.15) is 11.4 Å². The van der Waals surface area contributed by atoms with E-state index in [-0.39, 0.29) is 0 Å². The van der Waals surface area contributed by atoms with E-state index in [0.29, 0.717) is 6.61 Å². The quantitative estimate of drug-likeness (QED) is 0.810. The van der Waals surface area contributed by atoms with Gasteiger partial charge in [0.25, 0.3) is 0 Å². The Labute approximate surface area is 109 Å². The van der Waals surface area contributed by atoms with E-state index in [1.165, 1.54) is 3.57 Å². The molecule has 0 unspecified atom stereocenters. The molecule has 1 heterocycles. The molecule has 0 spiro atoms. The molecule has 0 fully saturated rings. The van der Waals surface area contributed by atoms with Crippen molar-refractivity contribution in [2.24, 2.45) is 7.05 Å². The van der Waals surface area contributed by atoms with E-state index in [2.05, 4.69) is 27.7 Å². The number of aromatic nitrogens is 2. The van der Waals surface area contributed by atoms with Crippen LogP contribution >= 0.6 is 22.6 Å². The van der Waals surface area contributed by atoms with Crippen LogP contribution in [-0.2, 0) is 13.7 Å². The summed E-state index contributed by atoms with van der Waals surface area (Å²) >= 11 is 2.28. The van der Waals surface area contributed by atoms with Gasteiger partial charge in [0.05, 0.1) is 11.4 Å². The van der Waals surface area contributed by atoms with Gasteiger partial charge in [-0.3, -0.25) is 4.68 Å². The van der Waals surface area contributed by atoms with Gasteiger partial charge in [0.1, 0.15) is 12.4 Å². The zero-order chi connectivity index (χ0) is 11.5. The zero-order valence-electron chi connectivity index (χ0n) is 9.27. The van der Waals surface area contributed by atoms with Gasteiger partial charge in [0.15, 0.2) is 0 Å². The van der Waals surface area contributed by atoms with E-state index in [1.807, 2.05) is 49.0 Å². The molecule has 0 atom stereocenters. The largest absolute Gasteiger partial charge is 0.487 e. The molecule has 0 saturated carbocycles. The summed E-state index contributed by atoms with van der Waals surface area (Å²) in [6.07, 6.45) is 0. The topological polar surface area (TPSA) is 27.1 Å². The van der Waals surface area contributed by atoms with E-state index in [4.69, 9.17) is 4.74 Å². The van der Waals surface area contributed by atoms with Gasteiger partial charge in [0, 0.05) is 10.6 Å². The van der Waals surface area contributed by atoms with Gasteiger partial charge < -0.3 is 4.74 Å². The lowest BCUT2D eigenvalue weighted by molar-refractivity contribution is 0.295. The molecule has 0 N–H and O–H groups in total. The summed E-state index contributed by atoms with van der Waals surface area (Å²) in [6.45, 7) is 2.53. The molecule has 4 heteroatoms. The molecule has 2 rings (SSSR count). The second kappa shape index (κ2) is 4.86. The zero-order valence-corrected chi connectivity index (χ0v) is 11.4. The number of aryl methyl sites for hydroxylation is 2. The van der Waals surface area contributed by atoms with Crippen LogP contribution in [0.4, 0.5) is 0 Å². The lowest BCUT2D eigenvalue weighted by atomic mass is 10.3. The first kappa shape index (κ1) is 11.4. The predicted molar refractivity (Wildman–Crippen MR) is 71.4 cm³/mol. The molecule has 84 valence electrons. The van der Waals surface area contributed by atoms with Crippen molar-refractivity contribution >= 4 is 22.6 Å². The summed E-state index contributed by atoms with van der Waals surface area (Å²) in [6, 6.07) is 10.1. The highest BCUT2D eigenvalue weighted by Crippen LogP contribution is 2.15. The van der Waals surface area contributed by atoms with Crippen molar-refractivity contribution in [3.8, 4) is 5.75 Å². The number of nitrogens with zero attached hydrogens (tertiary/aromatic N) is 2. The van der Waals surface area contributed by atoms with Crippen LogP contribution in [0, 0.1) is 10.5 Å². The minimum atomic E-state index is 0.554. The maximum atomic E-state index is 5.68.